The average molecular weight is 186 g/mol. The lowest BCUT2D eigenvalue weighted by Crippen LogP contribution is -2.39. The summed E-state index contributed by atoms with van der Waals surface area (Å²) in [5.74, 6) is 0.769. The van der Waals surface area contributed by atoms with E-state index in [0.29, 0.717) is 0 Å². The van der Waals surface area contributed by atoms with E-state index >= 15 is 0 Å². The highest BCUT2D eigenvalue weighted by atomic mass is 15.2. The number of rotatable bonds is 7. The maximum absolute atomic E-state index is 3.21. The first kappa shape index (κ1) is 12.9. The van der Waals surface area contributed by atoms with Gasteiger partial charge in [-0.3, -0.25) is 4.90 Å². The maximum Gasteiger partial charge on any atom is 0.0110 e. The predicted molar refractivity (Wildman–Crippen MR) is 60.1 cm³/mol. The summed E-state index contributed by atoms with van der Waals surface area (Å²) in [6, 6.07) is 0.718. The Morgan fingerprint density at radius 3 is 2.23 bits per heavy atom. The van der Waals surface area contributed by atoms with Gasteiger partial charge in [0.05, 0.1) is 0 Å². The van der Waals surface area contributed by atoms with Gasteiger partial charge in [-0.2, -0.15) is 0 Å². The van der Waals surface area contributed by atoms with Gasteiger partial charge in [0, 0.05) is 25.7 Å². The summed E-state index contributed by atoms with van der Waals surface area (Å²) in [7, 11) is 2.02. The van der Waals surface area contributed by atoms with E-state index in [1.54, 1.807) is 0 Å². The van der Waals surface area contributed by atoms with E-state index in [1.807, 2.05) is 7.05 Å². The van der Waals surface area contributed by atoms with Crippen LogP contribution in [0.2, 0.25) is 0 Å². The molecular weight excluding hydrogens is 160 g/mol. The Kier molecular flexibility index (Phi) is 7.29. The predicted octanol–water partition coefficient (Wildman–Crippen LogP) is 1.96. The molecule has 0 saturated heterocycles. The first-order valence-corrected chi connectivity index (χ1v) is 5.50. The first-order chi connectivity index (χ1) is 6.11. The Hall–Kier alpha value is -0.0800. The number of nitrogens with one attached hydrogen (secondary N) is 1. The van der Waals surface area contributed by atoms with Crippen molar-refractivity contribution in [3.63, 3.8) is 0 Å². The molecule has 0 fully saturated rings. The van der Waals surface area contributed by atoms with Crippen LogP contribution in [0.3, 0.4) is 0 Å². The second-order valence-corrected chi connectivity index (χ2v) is 4.25. The second-order valence-electron chi connectivity index (χ2n) is 4.25. The van der Waals surface area contributed by atoms with Crippen molar-refractivity contribution in [2.75, 3.05) is 26.7 Å². The lowest BCUT2D eigenvalue weighted by Gasteiger charge is -2.29. The summed E-state index contributed by atoms with van der Waals surface area (Å²) >= 11 is 0. The van der Waals surface area contributed by atoms with Crippen molar-refractivity contribution >= 4 is 0 Å². The van der Waals surface area contributed by atoms with Crippen LogP contribution in [-0.2, 0) is 0 Å². The SMILES string of the molecule is CCC(C)N(CCNC)CC(C)C. The molecule has 0 aromatic rings. The summed E-state index contributed by atoms with van der Waals surface area (Å²) in [5.41, 5.74) is 0. The van der Waals surface area contributed by atoms with Gasteiger partial charge in [0.15, 0.2) is 0 Å². The van der Waals surface area contributed by atoms with Crippen molar-refractivity contribution in [2.45, 2.75) is 40.2 Å². The van der Waals surface area contributed by atoms with Gasteiger partial charge in [-0.05, 0) is 26.3 Å². The van der Waals surface area contributed by atoms with Gasteiger partial charge < -0.3 is 5.32 Å². The van der Waals surface area contributed by atoms with Gasteiger partial charge in [-0.25, -0.2) is 0 Å². The van der Waals surface area contributed by atoms with Crippen LogP contribution in [0.4, 0.5) is 0 Å². The molecule has 0 aromatic carbocycles. The second kappa shape index (κ2) is 7.34. The Labute approximate surface area is 83.7 Å². The standard InChI is InChI=1S/C11H26N2/c1-6-11(4)13(8-7-12-5)9-10(2)3/h10-12H,6-9H2,1-5H3. The van der Waals surface area contributed by atoms with Crippen molar-refractivity contribution in [3.8, 4) is 0 Å². The van der Waals surface area contributed by atoms with E-state index < -0.39 is 0 Å². The van der Waals surface area contributed by atoms with Crippen LogP contribution in [0, 0.1) is 5.92 Å². The molecule has 0 heterocycles. The fraction of sp³-hybridized carbons (Fsp3) is 1.00. The van der Waals surface area contributed by atoms with Crippen molar-refractivity contribution in [1.29, 1.82) is 0 Å². The summed E-state index contributed by atoms with van der Waals surface area (Å²) in [4.78, 5) is 2.57. The molecule has 0 spiro atoms. The van der Waals surface area contributed by atoms with E-state index in [9.17, 15) is 0 Å². The lowest BCUT2D eigenvalue weighted by molar-refractivity contribution is 0.184. The van der Waals surface area contributed by atoms with Gasteiger partial charge in [-0.15, -0.1) is 0 Å². The van der Waals surface area contributed by atoms with Crippen LogP contribution >= 0.6 is 0 Å². The molecule has 0 amide bonds. The molecule has 0 saturated carbocycles. The summed E-state index contributed by atoms with van der Waals surface area (Å²) in [6.45, 7) is 12.6. The number of hydrogen-bond acceptors (Lipinski definition) is 2. The Balaban J connectivity index is 3.87. The molecule has 13 heavy (non-hydrogen) atoms. The smallest absolute Gasteiger partial charge is 0.0110 e. The molecule has 1 N–H and O–H groups in total. The van der Waals surface area contributed by atoms with Gasteiger partial charge >= 0.3 is 0 Å². The quantitative estimate of drug-likeness (QED) is 0.654. The largest absolute Gasteiger partial charge is 0.318 e. The monoisotopic (exact) mass is 186 g/mol. The minimum atomic E-state index is 0.718. The molecule has 0 bridgehead atoms. The third kappa shape index (κ3) is 6.05. The Morgan fingerprint density at radius 1 is 1.23 bits per heavy atom. The van der Waals surface area contributed by atoms with Gasteiger partial charge in [-0.1, -0.05) is 20.8 Å². The molecule has 1 unspecified atom stereocenters. The van der Waals surface area contributed by atoms with Crippen LogP contribution in [0.25, 0.3) is 0 Å². The van der Waals surface area contributed by atoms with Crippen LogP contribution in [0.15, 0.2) is 0 Å². The van der Waals surface area contributed by atoms with Crippen LogP contribution < -0.4 is 5.32 Å². The lowest BCUT2D eigenvalue weighted by atomic mass is 10.1. The fourth-order valence-electron chi connectivity index (χ4n) is 1.47. The number of hydrogen-bond donors (Lipinski definition) is 1. The van der Waals surface area contributed by atoms with Crippen molar-refractivity contribution in [1.82, 2.24) is 10.2 Å². The van der Waals surface area contributed by atoms with Gasteiger partial charge in [0.2, 0.25) is 0 Å². The summed E-state index contributed by atoms with van der Waals surface area (Å²) in [6.07, 6.45) is 1.25. The van der Waals surface area contributed by atoms with Crippen molar-refractivity contribution in [2.24, 2.45) is 5.92 Å². The molecule has 0 aliphatic rings. The molecule has 1 atom stereocenters. The fourth-order valence-corrected chi connectivity index (χ4v) is 1.47. The minimum Gasteiger partial charge on any atom is -0.318 e. The topological polar surface area (TPSA) is 15.3 Å². The molecule has 0 aromatic heterocycles. The maximum atomic E-state index is 3.21. The number of nitrogens with zero attached hydrogens (tertiary/aromatic N) is 1. The van der Waals surface area contributed by atoms with Gasteiger partial charge in [0.25, 0.3) is 0 Å². The molecular formula is C11H26N2. The minimum absolute atomic E-state index is 0.718. The summed E-state index contributed by atoms with van der Waals surface area (Å²) in [5, 5.41) is 3.21. The van der Waals surface area contributed by atoms with E-state index in [-0.39, 0.29) is 0 Å². The molecule has 0 rings (SSSR count). The molecule has 80 valence electrons. The summed E-state index contributed by atoms with van der Waals surface area (Å²) < 4.78 is 0. The molecule has 2 nitrogen and oxygen atoms in total. The molecule has 0 radical (unpaired) electrons. The number of likely N-dealkylation sites (N-methyl/N-ethyl adjacent to an activating group) is 1. The Bertz CT molecular complexity index is 113. The average Bonchev–Trinajstić information content (AvgIpc) is 2.10. The Morgan fingerprint density at radius 2 is 1.85 bits per heavy atom. The van der Waals surface area contributed by atoms with Crippen molar-refractivity contribution < 1.29 is 0 Å². The molecule has 0 aliphatic carbocycles. The van der Waals surface area contributed by atoms with E-state index in [0.717, 1.165) is 18.5 Å². The van der Waals surface area contributed by atoms with E-state index in [2.05, 4.69) is 37.9 Å². The van der Waals surface area contributed by atoms with Crippen molar-refractivity contribution in [3.05, 3.63) is 0 Å². The highest BCUT2D eigenvalue weighted by molar-refractivity contribution is 4.67. The highest BCUT2D eigenvalue weighted by Crippen LogP contribution is 2.06. The molecule has 2 heteroatoms. The van der Waals surface area contributed by atoms with Crippen LogP contribution in [0.5, 0.6) is 0 Å². The van der Waals surface area contributed by atoms with E-state index in [4.69, 9.17) is 0 Å². The highest BCUT2D eigenvalue weighted by Gasteiger charge is 2.12. The zero-order valence-corrected chi connectivity index (χ0v) is 9.93. The van der Waals surface area contributed by atoms with Crippen LogP contribution in [0.1, 0.15) is 34.1 Å². The van der Waals surface area contributed by atoms with E-state index in [1.165, 1.54) is 19.5 Å². The normalized spacial score (nSPS) is 14.1. The molecule has 0 aliphatic heterocycles. The third-order valence-electron chi connectivity index (χ3n) is 2.46. The van der Waals surface area contributed by atoms with Crippen LogP contribution in [-0.4, -0.2) is 37.6 Å². The zero-order valence-electron chi connectivity index (χ0n) is 9.93. The third-order valence-corrected chi connectivity index (χ3v) is 2.46. The van der Waals surface area contributed by atoms with Gasteiger partial charge in [0.1, 0.15) is 0 Å². The zero-order chi connectivity index (χ0) is 10.3. The first-order valence-electron chi connectivity index (χ1n) is 5.50.